The average Bonchev–Trinajstić information content (AvgIpc) is 3.50. The van der Waals surface area contributed by atoms with E-state index >= 15 is 0 Å². The summed E-state index contributed by atoms with van der Waals surface area (Å²) in [7, 11) is 0. The van der Waals surface area contributed by atoms with E-state index in [0.29, 0.717) is 24.7 Å². The number of nitrogens with one attached hydrogen (secondary N) is 1. The van der Waals surface area contributed by atoms with E-state index in [9.17, 15) is 9.59 Å². The van der Waals surface area contributed by atoms with Crippen LogP contribution in [0.3, 0.4) is 0 Å². The first-order valence-electron chi connectivity index (χ1n) is 9.82. The molecule has 146 valence electrons. The highest BCUT2D eigenvalue weighted by atomic mass is 16.2. The summed E-state index contributed by atoms with van der Waals surface area (Å²) in [4.78, 5) is 40.1. The average molecular weight is 379 g/mol. The Bertz CT molecular complexity index is 944. The number of likely N-dealkylation sites (tertiary alicyclic amines) is 1. The number of carbonyl (C=O) groups is 1. The maximum absolute atomic E-state index is 12.7. The van der Waals surface area contributed by atoms with Crippen LogP contribution >= 0.6 is 0 Å². The highest BCUT2D eigenvalue weighted by molar-refractivity contribution is 5.87. The minimum Gasteiger partial charge on any atom is -0.360 e. The summed E-state index contributed by atoms with van der Waals surface area (Å²) in [5.74, 6) is 1.34. The van der Waals surface area contributed by atoms with Crippen LogP contribution in [0.1, 0.15) is 25.6 Å². The topological polar surface area (TPSA) is 82.2 Å². The predicted molar refractivity (Wildman–Crippen MR) is 108 cm³/mol. The minimum absolute atomic E-state index is 0.0571. The summed E-state index contributed by atoms with van der Waals surface area (Å²) >= 11 is 0. The maximum Gasteiger partial charge on any atom is 0.271 e. The van der Waals surface area contributed by atoms with Crippen molar-refractivity contribution in [3.63, 3.8) is 0 Å². The summed E-state index contributed by atoms with van der Waals surface area (Å²) < 4.78 is 0. The second-order valence-corrected chi connectivity index (χ2v) is 7.51. The third kappa shape index (κ3) is 3.69. The van der Waals surface area contributed by atoms with Crippen molar-refractivity contribution in [2.45, 2.75) is 32.2 Å². The molecule has 0 atom stereocenters. The van der Waals surface area contributed by atoms with Crippen LogP contribution in [0.15, 0.2) is 42.0 Å². The molecule has 2 aliphatic rings. The van der Waals surface area contributed by atoms with Gasteiger partial charge >= 0.3 is 0 Å². The Morgan fingerprint density at radius 2 is 2.21 bits per heavy atom. The van der Waals surface area contributed by atoms with Crippen LogP contribution in [0.4, 0.5) is 5.69 Å². The number of rotatable bonds is 7. The van der Waals surface area contributed by atoms with Gasteiger partial charge in [-0.1, -0.05) is 13.5 Å². The monoisotopic (exact) mass is 379 g/mol. The first-order chi connectivity index (χ1) is 13.6. The van der Waals surface area contributed by atoms with Gasteiger partial charge in [0.25, 0.3) is 5.56 Å². The van der Waals surface area contributed by atoms with Gasteiger partial charge in [-0.05, 0) is 37.0 Å². The molecule has 0 radical (unpaired) electrons. The lowest BCUT2D eigenvalue weighted by atomic mass is 10.0. The highest BCUT2D eigenvalue weighted by Crippen LogP contribution is 2.33. The van der Waals surface area contributed by atoms with Crippen LogP contribution in [0, 0.1) is 5.92 Å². The van der Waals surface area contributed by atoms with Crippen molar-refractivity contribution >= 4 is 11.6 Å². The number of hydrogen-bond donors (Lipinski definition) is 1. The molecule has 7 nitrogen and oxygen atoms in total. The quantitative estimate of drug-likeness (QED) is 0.744. The van der Waals surface area contributed by atoms with Gasteiger partial charge in [0.2, 0.25) is 5.91 Å². The second-order valence-electron chi connectivity index (χ2n) is 7.51. The van der Waals surface area contributed by atoms with Gasteiger partial charge < -0.3 is 14.8 Å². The molecule has 1 aliphatic heterocycles. The number of aryl methyl sites for hydroxylation is 1. The Hall–Kier alpha value is -2.96. The first-order valence-corrected chi connectivity index (χ1v) is 9.82. The smallest absolute Gasteiger partial charge is 0.271 e. The fourth-order valence-electron chi connectivity index (χ4n) is 3.55. The van der Waals surface area contributed by atoms with Gasteiger partial charge in [-0.15, -0.1) is 0 Å². The first kappa shape index (κ1) is 18.4. The number of H-pyrrole nitrogens is 1. The Morgan fingerprint density at radius 1 is 1.43 bits per heavy atom. The molecule has 1 aliphatic carbocycles. The van der Waals surface area contributed by atoms with Crippen molar-refractivity contribution in [1.82, 2.24) is 19.9 Å². The van der Waals surface area contributed by atoms with Gasteiger partial charge in [-0.2, -0.15) is 0 Å². The molecule has 28 heavy (non-hydrogen) atoms. The van der Waals surface area contributed by atoms with Crippen molar-refractivity contribution in [2.24, 2.45) is 5.92 Å². The van der Waals surface area contributed by atoms with E-state index in [2.05, 4.69) is 26.4 Å². The molecule has 0 bridgehead atoms. The molecule has 1 saturated heterocycles. The van der Waals surface area contributed by atoms with Gasteiger partial charge in [0.05, 0.1) is 11.7 Å². The molecule has 2 aromatic heterocycles. The molecule has 2 fully saturated rings. The summed E-state index contributed by atoms with van der Waals surface area (Å²) in [5.41, 5.74) is 2.21. The zero-order valence-corrected chi connectivity index (χ0v) is 16.1. The third-order valence-corrected chi connectivity index (χ3v) is 5.45. The van der Waals surface area contributed by atoms with E-state index in [0.717, 1.165) is 30.0 Å². The summed E-state index contributed by atoms with van der Waals surface area (Å²) in [5, 5.41) is 0. The van der Waals surface area contributed by atoms with Crippen LogP contribution in [0.2, 0.25) is 0 Å². The second kappa shape index (κ2) is 7.58. The molecule has 0 aromatic carbocycles. The molecular weight excluding hydrogens is 354 g/mol. The number of nitrogens with zero attached hydrogens (tertiary/aromatic N) is 4. The van der Waals surface area contributed by atoms with Gasteiger partial charge in [0, 0.05) is 44.0 Å². The lowest BCUT2D eigenvalue weighted by Crippen LogP contribution is -2.62. The van der Waals surface area contributed by atoms with Crippen molar-refractivity contribution in [2.75, 3.05) is 24.5 Å². The molecule has 0 unspecified atom stereocenters. The summed E-state index contributed by atoms with van der Waals surface area (Å²) in [6.45, 7) is 7.65. The van der Waals surface area contributed by atoms with E-state index in [-0.39, 0.29) is 17.5 Å². The molecule has 2 aromatic rings. The van der Waals surface area contributed by atoms with Crippen molar-refractivity contribution in [1.29, 1.82) is 0 Å². The number of hydrogen-bond acceptors (Lipinski definition) is 5. The molecule has 1 N–H and O–H groups in total. The lowest BCUT2D eigenvalue weighted by molar-refractivity contribution is -0.130. The van der Waals surface area contributed by atoms with Crippen molar-refractivity contribution < 1.29 is 4.79 Å². The van der Waals surface area contributed by atoms with Crippen molar-refractivity contribution in [3.05, 3.63) is 53.4 Å². The zero-order valence-electron chi connectivity index (χ0n) is 16.1. The van der Waals surface area contributed by atoms with Crippen LogP contribution in [-0.2, 0) is 11.2 Å². The number of pyridine rings is 1. The summed E-state index contributed by atoms with van der Waals surface area (Å²) in [6, 6.07) is 3.92. The molecule has 3 heterocycles. The third-order valence-electron chi connectivity index (χ3n) is 5.45. The van der Waals surface area contributed by atoms with Crippen LogP contribution < -0.4 is 10.5 Å². The Balaban J connectivity index is 1.63. The molecular formula is C21H25N5O2. The van der Waals surface area contributed by atoms with E-state index < -0.39 is 0 Å². The minimum atomic E-state index is -0.109. The fraction of sp³-hybridized carbons (Fsp3) is 0.429. The number of aromatic nitrogens is 3. The van der Waals surface area contributed by atoms with Crippen molar-refractivity contribution in [3.8, 4) is 11.3 Å². The van der Waals surface area contributed by atoms with Gasteiger partial charge in [0.15, 0.2) is 0 Å². The van der Waals surface area contributed by atoms with Crippen LogP contribution in [0.5, 0.6) is 0 Å². The maximum atomic E-state index is 12.7. The molecule has 7 heteroatoms. The van der Waals surface area contributed by atoms with Crippen LogP contribution in [-0.4, -0.2) is 51.4 Å². The van der Waals surface area contributed by atoms with E-state index in [1.807, 2.05) is 19.1 Å². The van der Waals surface area contributed by atoms with Crippen LogP contribution in [0.25, 0.3) is 11.3 Å². The highest BCUT2D eigenvalue weighted by Gasteiger charge is 2.37. The van der Waals surface area contributed by atoms with Gasteiger partial charge in [-0.25, -0.2) is 9.97 Å². The Morgan fingerprint density at radius 3 is 2.89 bits per heavy atom. The fourth-order valence-corrected chi connectivity index (χ4v) is 3.55. The van der Waals surface area contributed by atoms with E-state index in [1.165, 1.54) is 18.9 Å². The summed E-state index contributed by atoms with van der Waals surface area (Å²) in [6.07, 6.45) is 7.95. The predicted octanol–water partition coefficient (Wildman–Crippen LogP) is 2.01. The van der Waals surface area contributed by atoms with Gasteiger partial charge in [0.1, 0.15) is 11.5 Å². The van der Waals surface area contributed by atoms with E-state index in [4.69, 9.17) is 0 Å². The standard InChI is InChI=1S/C21H25N5O2/c1-3-19-22-8-7-17(24-19)15-9-18(21(28)23-10-15)26(11-14-5-6-14)16-12-25(13-16)20(27)4-2/h4,7-10,14,16H,2-3,5-6,11-13H2,1H3,(H,23,28). The molecule has 1 amide bonds. The molecule has 1 saturated carbocycles. The number of amides is 1. The number of carbonyl (C=O) groups excluding carboxylic acids is 1. The lowest BCUT2D eigenvalue weighted by Gasteiger charge is -2.46. The zero-order chi connectivity index (χ0) is 19.7. The Kier molecular flexibility index (Phi) is 4.98. The number of aromatic amines is 1. The largest absolute Gasteiger partial charge is 0.360 e. The normalized spacial score (nSPS) is 16.5. The van der Waals surface area contributed by atoms with Gasteiger partial charge in [-0.3, -0.25) is 9.59 Å². The molecule has 0 spiro atoms. The molecule has 4 rings (SSSR count). The SMILES string of the molecule is C=CC(=O)N1CC(N(CC2CC2)c2cc(-c3ccnc(CC)n3)c[nH]c2=O)C1. The van der Waals surface area contributed by atoms with E-state index in [1.54, 1.807) is 17.3 Å². The number of anilines is 1. The Labute approximate surface area is 164 Å².